The van der Waals surface area contributed by atoms with E-state index in [1.807, 2.05) is 11.8 Å². The van der Waals surface area contributed by atoms with Crippen LogP contribution in [0.4, 0.5) is 11.7 Å². The molecule has 0 bridgehead atoms. The fourth-order valence-corrected chi connectivity index (χ4v) is 3.06. The van der Waals surface area contributed by atoms with Gasteiger partial charge in [-0.3, -0.25) is 10.1 Å². The van der Waals surface area contributed by atoms with Crippen LogP contribution in [0, 0.1) is 10.1 Å². The zero-order valence-electron chi connectivity index (χ0n) is 9.46. The monoisotopic (exact) mass is 265 g/mol. The number of rotatable bonds is 3. The number of oxazole rings is 1. The van der Waals surface area contributed by atoms with E-state index in [4.69, 9.17) is 4.42 Å². The van der Waals surface area contributed by atoms with Gasteiger partial charge in [0.05, 0.1) is 11.0 Å². The van der Waals surface area contributed by atoms with E-state index in [1.165, 1.54) is 12.1 Å². The number of non-ortho nitro benzene ring substituents is 1. The van der Waals surface area contributed by atoms with Gasteiger partial charge in [-0.15, -0.1) is 0 Å². The molecular formula is C11H11N3O3S. The van der Waals surface area contributed by atoms with Gasteiger partial charge in [-0.25, -0.2) is 0 Å². The smallest absolute Gasteiger partial charge is 0.295 e. The van der Waals surface area contributed by atoms with E-state index in [-0.39, 0.29) is 5.69 Å². The number of hydrogen-bond acceptors (Lipinski definition) is 6. The second-order valence-corrected chi connectivity index (χ2v) is 5.28. The third-order valence-electron chi connectivity index (χ3n) is 2.84. The number of hydrogen-bond donors (Lipinski definition) is 1. The van der Waals surface area contributed by atoms with Crippen LogP contribution in [0.5, 0.6) is 0 Å². The molecule has 18 heavy (non-hydrogen) atoms. The van der Waals surface area contributed by atoms with E-state index in [9.17, 15) is 10.1 Å². The Labute approximate surface area is 107 Å². The topological polar surface area (TPSA) is 81.2 Å². The molecule has 1 aliphatic heterocycles. The summed E-state index contributed by atoms with van der Waals surface area (Å²) in [6.45, 7) is 0. The van der Waals surface area contributed by atoms with Crippen LogP contribution in [-0.4, -0.2) is 27.5 Å². The van der Waals surface area contributed by atoms with Gasteiger partial charge in [0.15, 0.2) is 5.58 Å². The Balaban J connectivity index is 1.87. The van der Waals surface area contributed by atoms with Crippen molar-refractivity contribution in [3.8, 4) is 0 Å². The summed E-state index contributed by atoms with van der Waals surface area (Å²) in [5.74, 6) is 2.18. The maximum Gasteiger partial charge on any atom is 0.295 e. The van der Waals surface area contributed by atoms with Crippen LogP contribution in [-0.2, 0) is 0 Å². The molecule has 94 valence electrons. The van der Waals surface area contributed by atoms with Crippen LogP contribution in [0.15, 0.2) is 22.6 Å². The third-order valence-corrected chi connectivity index (χ3v) is 4.00. The molecule has 1 aliphatic rings. The van der Waals surface area contributed by atoms with Gasteiger partial charge in [0, 0.05) is 17.9 Å². The van der Waals surface area contributed by atoms with Crippen LogP contribution in [0.2, 0.25) is 0 Å². The van der Waals surface area contributed by atoms with Crippen molar-refractivity contribution in [2.75, 3.05) is 16.8 Å². The SMILES string of the molecule is O=[N+]([O-])c1ccc2nc(NC3CCSC3)oc2c1. The predicted molar refractivity (Wildman–Crippen MR) is 70.0 cm³/mol. The van der Waals surface area contributed by atoms with E-state index in [0.717, 1.165) is 17.9 Å². The normalized spacial score (nSPS) is 19.2. The van der Waals surface area contributed by atoms with E-state index in [1.54, 1.807) is 6.07 Å². The molecule has 1 atom stereocenters. The average molecular weight is 265 g/mol. The van der Waals surface area contributed by atoms with Crippen molar-refractivity contribution < 1.29 is 9.34 Å². The lowest BCUT2D eigenvalue weighted by molar-refractivity contribution is -0.384. The maximum absolute atomic E-state index is 10.7. The summed E-state index contributed by atoms with van der Waals surface area (Å²) in [6, 6.07) is 5.25. The van der Waals surface area contributed by atoms with Gasteiger partial charge in [-0.05, 0) is 18.2 Å². The minimum atomic E-state index is -0.442. The molecule has 1 fully saturated rings. The molecule has 7 heteroatoms. The van der Waals surface area contributed by atoms with Crippen molar-refractivity contribution in [2.24, 2.45) is 0 Å². The van der Waals surface area contributed by atoms with Gasteiger partial charge in [-0.2, -0.15) is 16.7 Å². The first-order valence-corrected chi connectivity index (χ1v) is 6.77. The van der Waals surface area contributed by atoms with Crippen LogP contribution >= 0.6 is 11.8 Å². The summed E-state index contributed by atoms with van der Waals surface area (Å²) >= 11 is 1.89. The molecule has 1 saturated heterocycles. The largest absolute Gasteiger partial charge is 0.423 e. The van der Waals surface area contributed by atoms with Gasteiger partial charge in [0.25, 0.3) is 11.7 Å². The van der Waals surface area contributed by atoms with Crippen molar-refractivity contribution in [3.63, 3.8) is 0 Å². The van der Waals surface area contributed by atoms with E-state index in [2.05, 4.69) is 10.3 Å². The first-order chi connectivity index (χ1) is 8.72. The highest BCUT2D eigenvalue weighted by Gasteiger charge is 2.18. The Morgan fingerprint density at radius 2 is 2.44 bits per heavy atom. The van der Waals surface area contributed by atoms with Gasteiger partial charge in [-0.1, -0.05) is 0 Å². The van der Waals surface area contributed by atoms with Gasteiger partial charge >= 0.3 is 0 Å². The minimum Gasteiger partial charge on any atom is -0.423 e. The zero-order chi connectivity index (χ0) is 12.5. The number of benzene rings is 1. The number of nitrogens with one attached hydrogen (secondary N) is 1. The summed E-state index contributed by atoms with van der Waals surface area (Å²) in [5.41, 5.74) is 1.09. The van der Waals surface area contributed by atoms with Crippen molar-refractivity contribution in [2.45, 2.75) is 12.5 Å². The second kappa shape index (κ2) is 4.49. The summed E-state index contributed by atoms with van der Waals surface area (Å²) in [6.07, 6.45) is 1.09. The van der Waals surface area contributed by atoms with Crippen molar-refractivity contribution >= 4 is 34.6 Å². The molecule has 1 aromatic carbocycles. The highest BCUT2D eigenvalue weighted by atomic mass is 32.2. The summed E-state index contributed by atoms with van der Waals surface area (Å²) in [5, 5.41) is 13.9. The molecule has 3 rings (SSSR count). The third kappa shape index (κ3) is 2.13. The Morgan fingerprint density at radius 1 is 1.56 bits per heavy atom. The zero-order valence-corrected chi connectivity index (χ0v) is 10.3. The lowest BCUT2D eigenvalue weighted by Crippen LogP contribution is -2.18. The highest BCUT2D eigenvalue weighted by Crippen LogP contribution is 2.26. The van der Waals surface area contributed by atoms with Gasteiger partial charge in [0.2, 0.25) is 0 Å². The molecule has 0 radical (unpaired) electrons. The van der Waals surface area contributed by atoms with Crippen molar-refractivity contribution in [3.05, 3.63) is 28.3 Å². The number of nitro benzene ring substituents is 1. The molecule has 0 amide bonds. The molecule has 2 heterocycles. The standard InChI is InChI=1S/C11H11N3O3S/c15-14(16)8-1-2-9-10(5-8)17-11(13-9)12-7-3-4-18-6-7/h1-2,5,7H,3-4,6H2,(H,12,13). The van der Waals surface area contributed by atoms with Gasteiger partial charge < -0.3 is 9.73 Å². The maximum atomic E-state index is 10.7. The molecular weight excluding hydrogens is 254 g/mol. The van der Waals surface area contributed by atoms with Gasteiger partial charge in [0.1, 0.15) is 5.52 Å². The minimum absolute atomic E-state index is 0.0154. The quantitative estimate of drug-likeness (QED) is 0.678. The summed E-state index contributed by atoms with van der Waals surface area (Å²) in [4.78, 5) is 14.5. The lowest BCUT2D eigenvalue weighted by Gasteiger charge is -2.07. The fraction of sp³-hybridized carbons (Fsp3) is 0.364. The molecule has 0 spiro atoms. The number of aromatic nitrogens is 1. The Morgan fingerprint density at radius 3 is 3.17 bits per heavy atom. The number of fused-ring (bicyclic) bond motifs is 1. The molecule has 0 aliphatic carbocycles. The molecule has 0 saturated carbocycles. The van der Waals surface area contributed by atoms with E-state index >= 15 is 0 Å². The second-order valence-electron chi connectivity index (χ2n) is 4.13. The summed E-state index contributed by atoms with van der Waals surface area (Å²) < 4.78 is 5.48. The van der Waals surface area contributed by atoms with E-state index in [0.29, 0.717) is 23.2 Å². The molecule has 1 N–H and O–H groups in total. The Bertz CT molecular complexity index is 592. The predicted octanol–water partition coefficient (Wildman–Crippen LogP) is 2.65. The molecule has 2 aromatic rings. The van der Waals surface area contributed by atoms with E-state index < -0.39 is 4.92 Å². The number of thioether (sulfide) groups is 1. The molecule has 1 unspecified atom stereocenters. The van der Waals surface area contributed by atoms with Crippen LogP contribution in [0.3, 0.4) is 0 Å². The lowest BCUT2D eigenvalue weighted by atomic mass is 10.3. The van der Waals surface area contributed by atoms with Crippen LogP contribution in [0.1, 0.15) is 6.42 Å². The first kappa shape index (κ1) is 11.3. The van der Waals surface area contributed by atoms with Crippen LogP contribution in [0.25, 0.3) is 11.1 Å². The van der Waals surface area contributed by atoms with Crippen molar-refractivity contribution in [1.82, 2.24) is 4.98 Å². The number of nitro groups is 1. The van der Waals surface area contributed by atoms with Crippen LogP contribution < -0.4 is 5.32 Å². The average Bonchev–Trinajstić information content (AvgIpc) is 2.96. The highest BCUT2D eigenvalue weighted by molar-refractivity contribution is 7.99. The van der Waals surface area contributed by atoms with Crippen molar-refractivity contribution in [1.29, 1.82) is 0 Å². The molecule has 1 aromatic heterocycles. The Kier molecular flexibility index (Phi) is 2.83. The fourth-order valence-electron chi connectivity index (χ4n) is 1.91. The number of anilines is 1. The first-order valence-electron chi connectivity index (χ1n) is 5.61. The number of nitrogens with zero attached hydrogens (tertiary/aromatic N) is 2. The summed E-state index contributed by atoms with van der Waals surface area (Å²) in [7, 11) is 0. The molecule has 6 nitrogen and oxygen atoms in total. The Hall–Kier alpha value is -1.76.